The van der Waals surface area contributed by atoms with Gasteiger partial charge in [0, 0.05) is 19.4 Å². The maximum atomic E-state index is 12.8. The second kappa shape index (κ2) is 58.1. The molecule has 1 unspecified atom stereocenters. The summed E-state index contributed by atoms with van der Waals surface area (Å²) in [5, 5.41) is 0. The lowest BCUT2D eigenvalue weighted by Crippen LogP contribution is -2.30. The summed E-state index contributed by atoms with van der Waals surface area (Å²) in [6, 6.07) is 0. The first-order valence-electron chi connectivity index (χ1n) is 28.8. The maximum Gasteiger partial charge on any atom is 0.306 e. The van der Waals surface area contributed by atoms with Gasteiger partial charge < -0.3 is 14.2 Å². The first-order valence-corrected chi connectivity index (χ1v) is 28.8. The van der Waals surface area contributed by atoms with Crippen molar-refractivity contribution in [3.8, 4) is 0 Å². The first-order chi connectivity index (χ1) is 33.6. The summed E-state index contributed by atoms with van der Waals surface area (Å²) in [5.41, 5.74) is 0. The van der Waals surface area contributed by atoms with E-state index in [1.54, 1.807) is 0 Å². The summed E-state index contributed by atoms with van der Waals surface area (Å²) < 4.78 is 17.4. The highest BCUT2D eigenvalue weighted by atomic mass is 16.6. The molecule has 0 aromatic rings. The fraction of sp³-hybridized carbons (Fsp3) is 0.714. The molecule has 0 rings (SSSR count). The Hall–Kier alpha value is -3.18. The Labute approximate surface area is 422 Å². The highest BCUT2D eigenvalue weighted by Gasteiger charge is 2.17. The van der Waals surface area contributed by atoms with E-state index < -0.39 is 6.10 Å². The van der Waals surface area contributed by atoms with Crippen molar-refractivity contribution in [1.82, 2.24) is 0 Å². The Morgan fingerprint density at radius 2 is 0.662 bits per heavy atom. The zero-order valence-electron chi connectivity index (χ0n) is 44.8. The minimum absolute atomic E-state index is 0.0532. The van der Waals surface area contributed by atoms with Gasteiger partial charge in [-0.25, -0.2) is 0 Å². The highest BCUT2D eigenvalue weighted by Crippen LogP contribution is 2.16. The molecule has 0 spiro atoms. The third-order valence-electron chi connectivity index (χ3n) is 12.1. The van der Waals surface area contributed by atoms with Crippen LogP contribution in [0.5, 0.6) is 0 Å². The van der Waals surface area contributed by atoms with Crippen LogP contribution in [0.25, 0.3) is 0 Å². The molecule has 5 heteroatoms. The molecule has 0 aromatic heterocycles. The van der Waals surface area contributed by atoms with Crippen LogP contribution in [-0.2, 0) is 23.8 Å². The van der Waals surface area contributed by atoms with E-state index in [4.69, 9.17) is 14.2 Å². The summed E-state index contributed by atoms with van der Waals surface area (Å²) in [4.78, 5) is 25.5. The number of hydrogen-bond donors (Lipinski definition) is 0. The molecule has 0 amide bonds. The minimum Gasteiger partial charge on any atom is -0.462 e. The van der Waals surface area contributed by atoms with E-state index in [-0.39, 0.29) is 25.2 Å². The molecule has 0 fully saturated rings. The molecule has 0 saturated carbocycles. The number of unbranched alkanes of at least 4 members (excludes halogenated alkanes) is 25. The van der Waals surface area contributed by atoms with E-state index in [1.807, 2.05) is 0 Å². The topological polar surface area (TPSA) is 61.8 Å². The zero-order valence-corrected chi connectivity index (χ0v) is 44.8. The van der Waals surface area contributed by atoms with Crippen LogP contribution in [0.1, 0.15) is 265 Å². The molecule has 0 aliphatic heterocycles. The molecule has 0 aliphatic carbocycles. The van der Waals surface area contributed by atoms with Gasteiger partial charge in [-0.1, -0.05) is 253 Å². The number of ether oxygens (including phenoxy) is 3. The lowest BCUT2D eigenvalue weighted by Gasteiger charge is -2.18. The van der Waals surface area contributed by atoms with Gasteiger partial charge in [-0.15, -0.1) is 0 Å². The average Bonchev–Trinajstić information content (AvgIpc) is 3.34. The number of carbonyl (C=O) groups excluding carboxylic acids is 2. The fourth-order valence-electron chi connectivity index (χ4n) is 7.90. The Balaban J connectivity index is 4.34. The lowest BCUT2D eigenvalue weighted by molar-refractivity contribution is -0.163. The second-order valence-corrected chi connectivity index (χ2v) is 18.8. The summed E-state index contributed by atoms with van der Waals surface area (Å²) in [6.45, 7) is 7.56. The molecule has 1 atom stereocenters. The van der Waals surface area contributed by atoms with Crippen LogP contribution in [0, 0.1) is 0 Å². The lowest BCUT2D eigenvalue weighted by atomic mass is 10.0. The van der Waals surface area contributed by atoms with Crippen LogP contribution in [-0.4, -0.2) is 37.9 Å². The minimum atomic E-state index is -0.572. The highest BCUT2D eigenvalue weighted by molar-refractivity contribution is 5.70. The standard InChI is InChI=1S/C63H108O5/c1-4-7-10-13-16-19-22-25-28-30-31-32-34-37-40-43-46-49-52-55-58-66-59-61(68-63(65)57-54-51-48-45-42-39-35-27-24-21-18-15-12-9-6-3)60-67-62(64)56-53-50-47-44-41-38-36-33-29-26-23-20-17-14-11-8-5-2/h8-9,11-12,17-18,20-21,26-27,29,35-36,38,42,45,61H,4-7,10,13-16,19,22-25,28,30-34,37,39-41,43-44,46-60H2,1-3H3/b11-8-,12-9-,20-17-,21-18-,29-26-,35-27-,38-36-,45-42-. The van der Waals surface area contributed by atoms with Gasteiger partial charge in [0.25, 0.3) is 0 Å². The average molecular weight is 946 g/mol. The maximum absolute atomic E-state index is 12.8. The van der Waals surface area contributed by atoms with Crippen molar-refractivity contribution in [2.75, 3.05) is 19.8 Å². The normalized spacial score (nSPS) is 12.9. The molecular weight excluding hydrogens is 837 g/mol. The van der Waals surface area contributed by atoms with Crippen molar-refractivity contribution in [2.45, 2.75) is 271 Å². The monoisotopic (exact) mass is 945 g/mol. The van der Waals surface area contributed by atoms with Crippen molar-refractivity contribution < 1.29 is 23.8 Å². The van der Waals surface area contributed by atoms with Crippen molar-refractivity contribution in [3.63, 3.8) is 0 Å². The molecule has 390 valence electrons. The van der Waals surface area contributed by atoms with Crippen LogP contribution in [0.3, 0.4) is 0 Å². The Morgan fingerprint density at radius 1 is 0.338 bits per heavy atom. The van der Waals surface area contributed by atoms with Crippen molar-refractivity contribution in [1.29, 1.82) is 0 Å². The molecule has 68 heavy (non-hydrogen) atoms. The van der Waals surface area contributed by atoms with Gasteiger partial charge in [0.1, 0.15) is 6.61 Å². The van der Waals surface area contributed by atoms with Crippen molar-refractivity contribution >= 4 is 11.9 Å². The van der Waals surface area contributed by atoms with E-state index in [9.17, 15) is 9.59 Å². The van der Waals surface area contributed by atoms with E-state index in [0.29, 0.717) is 19.4 Å². The number of allylic oxidation sites excluding steroid dienone is 16. The third-order valence-corrected chi connectivity index (χ3v) is 12.1. The SMILES string of the molecule is CC/C=C\C/C=C\C/C=C\C/C=C\CCCCCCC(=O)OCC(COCCCCCCCCCCCCCCCCCCCCCC)OC(=O)CCCC/C=C\C/C=C\C/C=C\C/C=C\CC. The van der Waals surface area contributed by atoms with E-state index in [2.05, 4.69) is 118 Å². The van der Waals surface area contributed by atoms with Crippen molar-refractivity contribution in [3.05, 3.63) is 97.2 Å². The summed E-state index contributed by atoms with van der Waals surface area (Å²) in [7, 11) is 0. The molecule has 0 aromatic carbocycles. The van der Waals surface area contributed by atoms with Gasteiger partial charge in [0.05, 0.1) is 6.61 Å². The van der Waals surface area contributed by atoms with Gasteiger partial charge in [0.15, 0.2) is 6.10 Å². The number of esters is 2. The number of hydrogen-bond acceptors (Lipinski definition) is 5. The molecular formula is C63H108O5. The third kappa shape index (κ3) is 55.4. The van der Waals surface area contributed by atoms with Gasteiger partial charge in [-0.3, -0.25) is 9.59 Å². The van der Waals surface area contributed by atoms with Crippen LogP contribution in [0.4, 0.5) is 0 Å². The fourth-order valence-corrected chi connectivity index (χ4v) is 7.90. The number of rotatable bonds is 52. The second-order valence-electron chi connectivity index (χ2n) is 18.8. The Bertz CT molecular complexity index is 1300. The predicted octanol–water partition coefficient (Wildman–Crippen LogP) is 19.8. The largest absolute Gasteiger partial charge is 0.462 e. The van der Waals surface area contributed by atoms with Crippen molar-refractivity contribution in [2.24, 2.45) is 0 Å². The summed E-state index contributed by atoms with van der Waals surface area (Å²) in [6.07, 6.45) is 78.7. The van der Waals surface area contributed by atoms with E-state index in [0.717, 1.165) is 116 Å². The molecule has 0 N–H and O–H groups in total. The quantitative estimate of drug-likeness (QED) is 0.0345. The van der Waals surface area contributed by atoms with Crippen LogP contribution >= 0.6 is 0 Å². The predicted molar refractivity (Wildman–Crippen MR) is 297 cm³/mol. The molecule has 0 radical (unpaired) electrons. The van der Waals surface area contributed by atoms with E-state index >= 15 is 0 Å². The molecule has 5 nitrogen and oxygen atoms in total. The smallest absolute Gasteiger partial charge is 0.306 e. The first kappa shape index (κ1) is 64.8. The molecule has 0 saturated heterocycles. The molecule has 0 bridgehead atoms. The summed E-state index contributed by atoms with van der Waals surface area (Å²) >= 11 is 0. The van der Waals surface area contributed by atoms with Gasteiger partial charge >= 0.3 is 11.9 Å². The zero-order chi connectivity index (χ0) is 49.2. The van der Waals surface area contributed by atoms with Gasteiger partial charge in [-0.2, -0.15) is 0 Å². The van der Waals surface area contributed by atoms with Crippen LogP contribution in [0.2, 0.25) is 0 Å². The summed E-state index contributed by atoms with van der Waals surface area (Å²) in [5.74, 6) is -0.469. The van der Waals surface area contributed by atoms with Crippen LogP contribution < -0.4 is 0 Å². The molecule has 0 heterocycles. The van der Waals surface area contributed by atoms with Gasteiger partial charge in [0.2, 0.25) is 0 Å². The Morgan fingerprint density at radius 3 is 1.09 bits per heavy atom. The van der Waals surface area contributed by atoms with Crippen LogP contribution in [0.15, 0.2) is 97.2 Å². The Kier molecular flexibility index (Phi) is 55.4. The van der Waals surface area contributed by atoms with E-state index in [1.165, 1.54) is 116 Å². The number of carbonyl (C=O) groups is 2. The van der Waals surface area contributed by atoms with Gasteiger partial charge in [-0.05, 0) is 96.3 Å². The molecule has 0 aliphatic rings.